The van der Waals surface area contributed by atoms with Crippen molar-refractivity contribution < 1.29 is 9.53 Å². The molecule has 1 aliphatic rings. The topological polar surface area (TPSA) is 26.3 Å². The largest absolute Gasteiger partial charge is 0.456 e. The molecule has 2 heteroatoms. The molecule has 0 bridgehead atoms. The van der Waals surface area contributed by atoms with Crippen molar-refractivity contribution in [3.05, 3.63) is 12.7 Å². The van der Waals surface area contributed by atoms with E-state index in [1.807, 2.05) is 0 Å². The molecule has 0 saturated heterocycles. The SMILES string of the molecule is C=CC(=O)OC1(CCC)CC(C)(C)CC1C. The zero-order valence-corrected chi connectivity index (χ0v) is 11.0. The van der Waals surface area contributed by atoms with Crippen LogP contribution in [0.3, 0.4) is 0 Å². The Hall–Kier alpha value is -0.790. The number of hydrogen-bond donors (Lipinski definition) is 0. The summed E-state index contributed by atoms with van der Waals surface area (Å²) in [6.45, 7) is 12.3. The minimum atomic E-state index is -0.280. The Kier molecular flexibility index (Phi) is 3.82. The molecule has 2 atom stereocenters. The van der Waals surface area contributed by atoms with Crippen LogP contribution < -0.4 is 0 Å². The summed E-state index contributed by atoms with van der Waals surface area (Å²) in [4.78, 5) is 11.5. The van der Waals surface area contributed by atoms with Gasteiger partial charge in [-0.3, -0.25) is 0 Å². The van der Waals surface area contributed by atoms with Gasteiger partial charge in [0.15, 0.2) is 0 Å². The summed E-state index contributed by atoms with van der Waals surface area (Å²) in [5, 5.41) is 0. The molecule has 0 amide bonds. The van der Waals surface area contributed by atoms with Gasteiger partial charge in [0, 0.05) is 6.08 Å². The first-order chi connectivity index (χ1) is 7.35. The highest BCUT2D eigenvalue weighted by Gasteiger charge is 2.50. The molecule has 0 spiro atoms. The second kappa shape index (κ2) is 4.60. The fourth-order valence-electron chi connectivity index (χ4n) is 3.26. The van der Waals surface area contributed by atoms with Crippen molar-refractivity contribution in [3.8, 4) is 0 Å². The summed E-state index contributed by atoms with van der Waals surface area (Å²) in [5.74, 6) is 0.157. The minimum Gasteiger partial charge on any atom is -0.456 e. The Balaban J connectivity index is 2.88. The van der Waals surface area contributed by atoms with Crippen LogP contribution in [0.15, 0.2) is 12.7 Å². The Morgan fingerprint density at radius 3 is 2.56 bits per heavy atom. The predicted molar refractivity (Wildman–Crippen MR) is 66.1 cm³/mol. The lowest BCUT2D eigenvalue weighted by molar-refractivity contribution is -0.158. The lowest BCUT2D eigenvalue weighted by Gasteiger charge is -2.33. The summed E-state index contributed by atoms with van der Waals surface area (Å²) in [6.07, 6.45) is 5.36. The summed E-state index contributed by atoms with van der Waals surface area (Å²) >= 11 is 0. The zero-order chi connectivity index (χ0) is 12.4. The number of ether oxygens (including phenoxy) is 1. The van der Waals surface area contributed by atoms with Gasteiger partial charge in [-0.1, -0.05) is 40.7 Å². The van der Waals surface area contributed by atoms with Crippen molar-refractivity contribution in [2.24, 2.45) is 11.3 Å². The highest BCUT2D eigenvalue weighted by molar-refractivity contribution is 5.81. The van der Waals surface area contributed by atoms with E-state index in [0.29, 0.717) is 5.92 Å². The summed E-state index contributed by atoms with van der Waals surface area (Å²) in [7, 11) is 0. The molecule has 2 unspecified atom stereocenters. The van der Waals surface area contributed by atoms with Crippen molar-refractivity contribution in [2.45, 2.75) is 59.0 Å². The van der Waals surface area contributed by atoms with Crippen LogP contribution in [0.5, 0.6) is 0 Å². The normalized spacial score (nSPS) is 32.4. The molecular formula is C14H24O2. The van der Waals surface area contributed by atoms with E-state index in [9.17, 15) is 4.79 Å². The molecule has 2 nitrogen and oxygen atoms in total. The Morgan fingerprint density at radius 2 is 2.19 bits per heavy atom. The zero-order valence-electron chi connectivity index (χ0n) is 11.0. The van der Waals surface area contributed by atoms with E-state index in [4.69, 9.17) is 4.74 Å². The van der Waals surface area contributed by atoms with Gasteiger partial charge in [-0.2, -0.15) is 0 Å². The van der Waals surface area contributed by atoms with Gasteiger partial charge in [-0.05, 0) is 30.6 Å². The maximum Gasteiger partial charge on any atom is 0.330 e. The molecular weight excluding hydrogens is 200 g/mol. The molecule has 92 valence electrons. The quantitative estimate of drug-likeness (QED) is 0.537. The van der Waals surface area contributed by atoms with Crippen LogP contribution in [0.25, 0.3) is 0 Å². The molecule has 0 radical (unpaired) electrons. The first kappa shape index (κ1) is 13.3. The van der Waals surface area contributed by atoms with Gasteiger partial charge in [0.05, 0.1) is 0 Å². The number of carbonyl (C=O) groups excluding carboxylic acids is 1. The Labute approximate surface area is 99.1 Å². The average molecular weight is 224 g/mol. The van der Waals surface area contributed by atoms with Crippen LogP contribution in [0.1, 0.15) is 53.4 Å². The molecule has 0 aromatic rings. The molecule has 0 aromatic heterocycles. The van der Waals surface area contributed by atoms with Crippen LogP contribution in [0, 0.1) is 11.3 Å². The summed E-state index contributed by atoms with van der Waals surface area (Å²) < 4.78 is 5.68. The van der Waals surface area contributed by atoms with E-state index in [1.54, 1.807) is 0 Å². The Morgan fingerprint density at radius 1 is 1.56 bits per heavy atom. The molecule has 1 fully saturated rings. The third-order valence-electron chi connectivity index (χ3n) is 3.68. The molecule has 0 aliphatic heterocycles. The number of esters is 1. The van der Waals surface area contributed by atoms with Crippen molar-refractivity contribution in [3.63, 3.8) is 0 Å². The molecule has 16 heavy (non-hydrogen) atoms. The van der Waals surface area contributed by atoms with Gasteiger partial charge in [0.25, 0.3) is 0 Å². The van der Waals surface area contributed by atoms with E-state index < -0.39 is 0 Å². The summed E-state index contributed by atoms with van der Waals surface area (Å²) in [6, 6.07) is 0. The van der Waals surface area contributed by atoms with E-state index in [0.717, 1.165) is 25.7 Å². The van der Waals surface area contributed by atoms with E-state index in [-0.39, 0.29) is 17.0 Å². The van der Waals surface area contributed by atoms with Crippen LogP contribution in [-0.2, 0) is 9.53 Å². The number of carbonyl (C=O) groups is 1. The number of rotatable bonds is 4. The molecule has 1 saturated carbocycles. The van der Waals surface area contributed by atoms with E-state index in [1.165, 1.54) is 6.08 Å². The second-order valence-corrected chi connectivity index (χ2v) is 5.89. The van der Waals surface area contributed by atoms with Crippen LogP contribution in [0.2, 0.25) is 0 Å². The monoisotopic (exact) mass is 224 g/mol. The highest BCUT2D eigenvalue weighted by Crippen LogP contribution is 2.51. The average Bonchev–Trinajstić information content (AvgIpc) is 2.36. The molecule has 0 aromatic carbocycles. The third kappa shape index (κ3) is 2.66. The fourth-order valence-corrected chi connectivity index (χ4v) is 3.26. The van der Waals surface area contributed by atoms with Gasteiger partial charge in [0.2, 0.25) is 0 Å². The summed E-state index contributed by atoms with van der Waals surface area (Å²) in [5.41, 5.74) is 0.0135. The molecule has 1 rings (SSSR count). The highest BCUT2D eigenvalue weighted by atomic mass is 16.6. The van der Waals surface area contributed by atoms with E-state index >= 15 is 0 Å². The first-order valence-electron chi connectivity index (χ1n) is 6.20. The van der Waals surface area contributed by atoms with E-state index in [2.05, 4.69) is 34.3 Å². The Bertz CT molecular complexity index is 280. The van der Waals surface area contributed by atoms with Gasteiger partial charge in [-0.15, -0.1) is 0 Å². The maximum absolute atomic E-state index is 11.5. The van der Waals surface area contributed by atoms with Gasteiger partial charge in [-0.25, -0.2) is 4.79 Å². The second-order valence-electron chi connectivity index (χ2n) is 5.89. The fraction of sp³-hybridized carbons (Fsp3) is 0.786. The van der Waals surface area contributed by atoms with Crippen LogP contribution >= 0.6 is 0 Å². The lowest BCUT2D eigenvalue weighted by atomic mass is 9.86. The molecule has 0 heterocycles. The first-order valence-corrected chi connectivity index (χ1v) is 6.20. The third-order valence-corrected chi connectivity index (χ3v) is 3.68. The van der Waals surface area contributed by atoms with Crippen molar-refractivity contribution >= 4 is 5.97 Å². The van der Waals surface area contributed by atoms with Crippen LogP contribution in [0.4, 0.5) is 0 Å². The molecule has 0 N–H and O–H groups in total. The standard InChI is InChI=1S/C14H24O2/c1-6-8-14(16-12(15)7-2)10-13(4,5)9-11(14)3/h7,11H,2,6,8-10H2,1,3-5H3. The molecule has 1 aliphatic carbocycles. The maximum atomic E-state index is 11.5. The van der Waals surface area contributed by atoms with Crippen LogP contribution in [-0.4, -0.2) is 11.6 Å². The smallest absolute Gasteiger partial charge is 0.330 e. The van der Waals surface area contributed by atoms with Gasteiger partial charge < -0.3 is 4.74 Å². The number of hydrogen-bond acceptors (Lipinski definition) is 2. The minimum absolute atomic E-state index is 0.260. The lowest BCUT2D eigenvalue weighted by Crippen LogP contribution is -2.37. The van der Waals surface area contributed by atoms with Gasteiger partial charge in [0.1, 0.15) is 5.60 Å². The van der Waals surface area contributed by atoms with Crippen molar-refractivity contribution in [2.75, 3.05) is 0 Å². The van der Waals surface area contributed by atoms with Crippen molar-refractivity contribution in [1.29, 1.82) is 0 Å². The predicted octanol–water partition coefficient (Wildman–Crippen LogP) is 3.71. The van der Waals surface area contributed by atoms with Gasteiger partial charge >= 0.3 is 5.97 Å². The van der Waals surface area contributed by atoms with Crippen molar-refractivity contribution in [1.82, 2.24) is 0 Å².